The number of carbonyl (C=O) groups excluding carboxylic acids is 1. The molecule has 1 aromatic heterocycles. The molecule has 0 saturated carbocycles. The van der Waals surface area contributed by atoms with E-state index in [0.29, 0.717) is 17.1 Å². The van der Waals surface area contributed by atoms with Crippen molar-refractivity contribution >= 4 is 22.4 Å². The highest BCUT2D eigenvalue weighted by Crippen LogP contribution is 2.16. The Hall–Kier alpha value is -1.82. The fourth-order valence-electron chi connectivity index (χ4n) is 1.58. The monoisotopic (exact) mass is 279 g/mol. The van der Waals surface area contributed by atoms with Crippen LogP contribution in [0.2, 0.25) is 0 Å². The third-order valence-corrected chi connectivity index (χ3v) is 3.58. The van der Waals surface area contributed by atoms with Gasteiger partial charge >= 0.3 is 0 Å². The van der Waals surface area contributed by atoms with Crippen molar-refractivity contribution < 1.29 is 9.18 Å². The third kappa shape index (κ3) is 3.82. The summed E-state index contributed by atoms with van der Waals surface area (Å²) in [7, 11) is 0. The highest BCUT2D eigenvalue weighted by atomic mass is 32.1. The van der Waals surface area contributed by atoms with Crippen molar-refractivity contribution in [2.75, 3.05) is 5.32 Å². The summed E-state index contributed by atoms with van der Waals surface area (Å²) in [5, 5.41) is 11.8. The van der Waals surface area contributed by atoms with Gasteiger partial charge in [0.25, 0.3) is 0 Å². The number of anilines is 1. The number of nitrogens with zero attached hydrogens (tertiary/aromatic N) is 2. The Kier molecular flexibility index (Phi) is 4.57. The maximum absolute atomic E-state index is 13.4. The van der Waals surface area contributed by atoms with Gasteiger partial charge < -0.3 is 5.32 Å². The molecule has 6 heteroatoms. The molecule has 0 saturated heterocycles. The van der Waals surface area contributed by atoms with E-state index in [1.165, 1.54) is 17.4 Å². The van der Waals surface area contributed by atoms with Gasteiger partial charge in [-0.3, -0.25) is 4.79 Å². The van der Waals surface area contributed by atoms with Crippen LogP contribution in [0.25, 0.3) is 0 Å². The summed E-state index contributed by atoms with van der Waals surface area (Å²) in [6.45, 7) is 1.98. The molecule has 0 bridgehead atoms. The van der Waals surface area contributed by atoms with Gasteiger partial charge in [0.15, 0.2) is 0 Å². The first kappa shape index (κ1) is 13.6. The fraction of sp³-hybridized carbons (Fsp3) is 0.308. The number of halogens is 1. The van der Waals surface area contributed by atoms with Crippen LogP contribution in [0.5, 0.6) is 0 Å². The molecule has 0 aliphatic heterocycles. The molecule has 0 unspecified atom stereocenters. The molecule has 1 aromatic carbocycles. The molecule has 1 amide bonds. The highest BCUT2D eigenvalue weighted by molar-refractivity contribution is 7.15. The zero-order valence-electron chi connectivity index (χ0n) is 10.5. The first-order valence-corrected chi connectivity index (χ1v) is 6.86. The minimum Gasteiger partial charge on any atom is -0.301 e. The van der Waals surface area contributed by atoms with Gasteiger partial charge in [-0.05, 0) is 24.5 Å². The van der Waals surface area contributed by atoms with Crippen LogP contribution in [0.1, 0.15) is 23.9 Å². The lowest BCUT2D eigenvalue weighted by Gasteiger charge is -2.02. The number of hydrogen-bond acceptors (Lipinski definition) is 4. The molecule has 100 valence electrons. The molecule has 2 rings (SSSR count). The lowest BCUT2D eigenvalue weighted by molar-refractivity contribution is -0.116. The third-order valence-electron chi connectivity index (χ3n) is 2.59. The number of rotatable bonds is 5. The Morgan fingerprint density at radius 3 is 2.84 bits per heavy atom. The van der Waals surface area contributed by atoms with Gasteiger partial charge in [-0.15, -0.1) is 10.2 Å². The molecular formula is C13H14FN3OS. The Balaban J connectivity index is 1.86. The van der Waals surface area contributed by atoms with Gasteiger partial charge in [-0.2, -0.15) is 0 Å². The number of carbonyl (C=O) groups is 1. The second-order valence-electron chi connectivity index (χ2n) is 3.99. The summed E-state index contributed by atoms with van der Waals surface area (Å²) in [6.07, 6.45) is 1.39. The Bertz CT molecular complexity index is 571. The largest absolute Gasteiger partial charge is 0.301 e. The van der Waals surface area contributed by atoms with Crippen molar-refractivity contribution in [3.8, 4) is 0 Å². The molecule has 19 heavy (non-hydrogen) atoms. The Labute approximate surface area is 114 Å². The summed E-state index contributed by atoms with van der Waals surface area (Å²) in [6, 6.07) is 6.47. The predicted octanol–water partition coefficient (Wildman–Crippen LogP) is 2.81. The maximum Gasteiger partial charge on any atom is 0.226 e. The van der Waals surface area contributed by atoms with E-state index in [1.54, 1.807) is 18.2 Å². The Morgan fingerprint density at radius 2 is 2.16 bits per heavy atom. The average molecular weight is 279 g/mol. The number of benzene rings is 1. The van der Waals surface area contributed by atoms with Crippen molar-refractivity contribution in [1.82, 2.24) is 10.2 Å². The summed E-state index contributed by atoms with van der Waals surface area (Å²) in [4.78, 5) is 11.7. The summed E-state index contributed by atoms with van der Waals surface area (Å²) < 4.78 is 13.4. The van der Waals surface area contributed by atoms with Gasteiger partial charge in [0.1, 0.15) is 10.8 Å². The van der Waals surface area contributed by atoms with E-state index in [1.807, 2.05) is 6.92 Å². The smallest absolute Gasteiger partial charge is 0.226 e. The molecule has 0 radical (unpaired) electrons. The van der Waals surface area contributed by atoms with Gasteiger partial charge in [0.05, 0.1) is 0 Å². The molecule has 1 N–H and O–H groups in total. The topological polar surface area (TPSA) is 54.9 Å². The van der Waals surface area contributed by atoms with Crippen molar-refractivity contribution in [1.29, 1.82) is 0 Å². The minimum absolute atomic E-state index is 0.179. The SMILES string of the molecule is CCc1nnc(NC(=O)CCc2ccccc2F)s1. The standard InChI is InChI=1S/C13H14FN3OS/c1-2-12-16-17-13(19-12)15-11(18)8-7-9-5-3-4-6-10(9)14/h3-6H,2,7-8H2,1H3,(H,15,17,18). The van der Waals surface area contributed by atoms with E-state index >= 15 is 0 Å². The average Bonchev–Trinajstić information content (AvgIpc) is 2.85. The zero-order valence-corrected chi connectivity index (χ0v) is 11.3. The number of amides is 1. The van der Waals surface area contributed by atoms with Crippen molar-refractivity contribution in [2.45, 2.75) is 26.2 Å². The van der Waals surface area contributed by atoms with Gasteiger partial charge in [0, 0.05) is 6.42 Å². The normalized spacial score (nSPS) is 10.4. The van der Waals surface area contributed by atoms with Crippen LogP contribution in [0, 0.1) is 5.82 Å². The van der Waals surface area contributed by atoms with E-state index in [9.17, 15) is 9.18 Å². The van der Waals surface area contributed by atoms with Gasteiger partial charge in [0.2, 0.25) is 11.0 Å². The molecule has 1 heterocycles. The lowest BCUT2D eigenvalue weighted by atomic mass is 10.1. The first-order valence-electron chi connectivity index (χ1n) is 6.04. The molecule has 4 nitrogen and oxygen atoms in total. The van der Waals surface area contributed by atoms with Crippen molar-refractivity contribution in [3.05, 3.63) is 40.7 Å². The summed E-state index contributed by atoms with van der Waals surface area (Å²) in [5.41, 5.74) is 0.546. The van der Waals surface area contributed by atoms with E-state index in [2.05, 4.69) is 15.5 Å². The second-order valence-corrected chi connectivity index (χ2v) is 5.06. The van der Waals surface area contributed by atoms with Crippen LogP contribution in [0.3, 0.4) is 0 Å². The molecule has 0 aliphatic carbocycles. The van der Waals surface area contributed by atoms with Gasteiger partial charge in [-0.25, -0.2) is 4.39 Å². The maximum atomic E-state index is 13.4. The molecule has 0 fully saturated rings. The number of aromatic nitrogens is 2. The second kappa shape index (κ2) is 6.38. The molecule has 0 atom stereocenters. The van der Waals surface area contributed by atoms with Crippen molar-refractivity contribution in [3.63, 3.8) is 0 Å². The van der Waals surface area contributed by atoms with E-state index in [4.69, 9.17) is 0 Å². The van der Waals surface area contributed by atoms with Gasteiger partial charge in [-0.1, -0.05) is 36.5 Å². The van der Waals surface area contributed by atoms with E-state index in [-0.39, 0.29) is 18.1 Å². The molecule has 2 aromatic rings. The van der Waals surface area contributed by atoms with Crippen LogP contribution in [-0.4, -0.2) is 16.1 Å². The number of hydrogen-bond donors (Lipinski definition) is 1. The molecule has 0 aliphatic rings. The van der Waals surface area contributed by atoms with Crippen LogP contribution in [0.15, 0.2) is 24.3 Å². The van der Waals surface area contributed by atoms with E-state index < -0.39 is 0 Å². The summed E-state index contributed by atoms with van der Waals surface area (Å²) >= 11 is 1.36. The molecule has 0 spiro atoms. The Morgan fingerprint density at radius 1 is 1.37 bits per heavy atom. The van der Waals surface area contributed by atoms with Crippen LogP contribution in [-0.2, 0) is 17.6 Å². The lowest BCUT2D eigenvalue weighted by Crippen LogP contribution is -2.12. The highest BCUT2D eigenvalue weighted by Gasteiger charge is 2.09. The summed E-state index contributed by atoms with van der Waals surface area (Å²) in [5.74, 6) is -0.457. The minimum atomic E-state index is -0.278. The van der Waals surface area contributed by atoms with E-state index in [0.717, 1.165) is 11.4 Å². The first-order chi connectivity index (χ1) is 9.19. The quantitative estimate of drug-likeness (QED) is 0.915. The zero-order chi connectivity index (χ0) is 13.7. The van der Waals surface area contributed by atoms with Crippen molar-refractivity contribution in [2.24, 2.45) is 0 Å². The predicted molar refractivity (Wildman–Crippen MR) is 72.6 cm³/mol. The molecular weight excluding hydrogens is 265 g/mol. The van der Waals surface area contributed by atoms with Crippen LogP contribution < -0.4 is 5.32 Å². The number of aryl methyl sites for hydroxylation is 2. The van der Waals surface area contributed by atoms with Crippen LogP contribution in [0.4, 0.5) is 9.52 Å². The number of nitrogens with one attached hydrogen (secondary N) is 1. The van der Waals surface area contributed by atoms with Crippen LogP contribution >= 0.6 is 11.3 Å². The fourth-order valence-corrected chi connectivity index (χ4v) is 2.27.